The van der Waals surface area contributed by atoms with Crippen molar-refractivity contribution in [2.75, 3.05) is 5.32 Å². The lowest BCUT2D eigenvalue weighted by atomic mass is 9.93. The molecule has 0 bridgehead atoms. The highest BCUT2D eigenvalue weighted by Crippen LogP contribution is 2.38. The Labute approximate surface area is 173 Å². The average molecular weight is 403 g/mol. The number of halogens is 1. The third-order valence-corrected chi connectivity index (χ3v) is 5.55. The van der Waals surface area contributed by atoms with Gasteiger partial charge in [0, 0.05) is 40.8 Å². The second-order valence-corrected chi connectivity index (χ2v) is 7.60. The fourth-order valence-electron chi connectivity index (χ4n) is 3.89. The maximum absolute atomic E-state index is 6.06. The predicted octanol–water partition coefficient (Wildman–Crippen LogP) is 4.92. The van der Waals surface area contributed by atoms with E-state index in [1.165, 1.54) is 5.56 Å². The standard InChI is InChI=1S/C22H19ClN6/c1-14-22-19-7-2-15(16-11-24-13-25-12-16)10-20(19)21(8-9-29(22)28-27-14)26-18-5-3-17(23)4-6-18/h2-7,10-13,21,26H,8-9H2,1H3. The molecular weight excluding hydrogens is 384 g/mol. The minimum absolute atomic E-state index is 0.122. The summed E-state index contributed by atoms with van der Waals surface area (Å²) in [5.74, 6) is 0. The van der Waals surface area contributed by atoms with Gasteiger partial charge in [-0.1, -0.05) is 28.9 Å². The number of nitrogens with zero attached hydrogens (tertiary/aromatic N) is 5. The van der Waals surface area contributed by atoms with Crippen LogP contribution in [0.15, 0.2) is 61.2 Å². The van der Waals surface area contributed by atoms with Crippen molar-refractivity contribution in [2.45, 2.75) is 25.9 Å². The van der Waals surface area contributed by atoms with E-state index >= 15 is 0 Å². The van der Waals surface area contributed by atoms with Crippen molar-refractivity contribution in [3.8, 4) is 22.4 Å². The van der Waals surface area contributed by atoms with Crippen molar-refractivity contribution in [3.63, 3.8) is 0 Å². The van der Waals surface area contributed by atoms with Crippen LogP contribution in [0.5, 0.6) is 0 Å². The number of fused-ring (bicyclic) bond motifs is 3. The Kier molecular flexibility index (Phi) is 4.48. The lowest BCUT2D eigenvalue weighted by Gasteiger charge is -2.21. The summed E-state index contributed by atoms with van der Waals surface area (Å²) < 4.78 is 2.00. The molecule has 0 saturated carbocycles. The summed E-state index contributed by atoms with van der Waals surface area (Å²) in [6.45, 7) is 2.80. The smallest absolute Gasteiger partial charge is 0.115 e. The molecule has 0 fully saturated rings. The van der Waals surface area contributed by atoms with E-state index in [9.17, 15) is 0 Å². The second kappa shape index (κ2) is 7.29. The van der Waals surface area contributed by atoms with E-state index in [1.807, 2.05) is 48.3 Å². The van der Waals surface area contributed by atoms with E-state index in [0.717, 1.165) is 51.8 Å². The Hall–Kier alpha value is -3.25. The number of hydrogen-bond donors (Lipinski definition) is 1. The van der Waals surface area contributed by atoms with Gasteiger partial charge >= 0.3 is 0 Å². The van der Waals surface area contributed by atoms with Gasteiger partial charge in [0.2, 0.25) is 0 Å². The molecule has 29 heavy (non-hydrogen) atoms. The van der Waals surface area contributed by atoms with Gasteiger partial charge in [-0.25, -0.2) is 14.6 Å². The SMILES string of the molecule is Cc1nnn2c1-c1ccc(-c3cncnc3)cc1C(Nc1ccc(Cl)cc1)CC2. The highest BCUT2D eigenvalue weighted by atomic mass is 35.5. The van der Waals surface area contributed by atoms with E-state index in [1.54, 1.807) is 6.33 Å². The summed E-state index contributed by atoms with van der Waals surface area (Å²) in [5, 5.41) is 13.0. The van der Waals surface area contributed by atoms with Gasteiger partial charge in [-0.2, -0.15) is 0 Å². The van der Waals surface area contributed by atoms with Crippen LogP contribution in [-0.4, -0.2) is 25.0 Å². The summed E-state index contributed by atoms with van der Waals surface area (Å²) in [6, 6.07) is 14.4. The lowest BCUT2D eigenvalue weighted by molar-refractivity contribution is 0.539. The quantitative estimate of drug-likeness (QED) is 0.526. The molecule has 0 saturated heterocycles. The largest absolute Gasteiger partial charge is 0.378 e. The van der Waals surface area contributed by atoms with E-state index in [2.05, 4.69) is 43.8 Å². The summed E-state index contributed by atoms with van der Waals surface area (Å²) in [7, 11) is 0. The first-order valence-corrected chi connectivity index (χ1v) is 9.89. The molecule has 3 heterocycles. The van der Waals surface area contributed by atoms with Crippen molar-refractivity contribution in [2.24, 2.45) is 0 Å². The molecule has 144 valence electrons. The number of hydrogen-bond acceptors (Lipinski definition) is 5. The topological polar surface area (TPSA) is 68.5 Å². The zero-order valence-electron chi connectivity index (χ0n) is 15.9. The van der Waals surface area contributed by atoms with Gasteiger partial charge in [-0.15, -0.1) is 5.10 Å². The number of rotatable bonds is 3. The Morgan fingerprint density at radius 2 is 1.83 bits per heavy atom. The fraction of sp³-hybridized carbons (Fsp3) is 0.182. The minimum Gasteiger partial charge on any atom is -0.378 e. The Morgan fingerprint density at radius 3 is 2.62 bits per heavy atom. The average Bonchev–Trinajstić information content (AvgIpc) is 3.05. The van der Waals surface area contributed by atoms with Crippen molar-refractivity contribution in [3.05, 3.63) is 77.5 Å². The van der Waals surface area contributed by atoms with Gasteiger partial charge in [-0.3, -0.25) is 0 Å². The molecule has 6 nitrogen and oxygen atoms in total. The molecule has 2 aromatic heterocycles. The monoisotopic (exact) mass is 402 g/mol. The van der Waals surface area contributed by atoms with Crippen LogP contribution in [0.4, 0.5) is 5.69 Å². The number of aryl methyl sites for hydroxylation is 2. The highest BCUT2D eigenvalue weighted by molar-refractivity contribution is 6.30. The van der Waals surface area contributed by atoms with Crippen LogP contribution in [0, 0.1) is 6.92 Å². The van der Waals surface area contributed by atoms with E-state index < -0.39 is 0 Å². The van der Waals surface area contributed by atoms with Gasteiger partial charge in [-0.05, 0) is 54.8 Å². The maximum atomic E-state index is 6.06. The van der Waals surface area contributed by atoms with E-state index in [-0.39, 0.29) is 6.04 Å². The first kappa shape index (κ1) is 17.8. The van der Waals surface area contributed by atoms with Crippen molar-refractivity contribution in [1.82, 2.24) is 25.0 Å². The van der Waals surface area contributed by atoms with Crippen LogP contribution in [0.1, 0.15) is 23.7 Å². The van der Waals surface area contributed by atoms with Gasteiger partial charge in [0.15, 0.2) is 0 Å². The second-order valence-electron chi connectivity index (χ2n) is 7.17. The third kappa shape index (κ3) is 3.36. The zero-order chi connectivity index (χ0) is 19.8. The van der Waals surface area contributed by atoms with Crippen LogP contribution in [0.3, 0.4) is 0 Å². The van der Waals surface area contributed by atoms with Crippen LogP contribution in [0.25, 0.3) is 22.4 Å². The molecule has 2 aromatic carbocycles. The van der Waals surface area contributed by atoms with Crippen LogP contribution < -0.4 is 5.32 Å². The van der Waals surface area contributed by atoms with Crippen molar-refractivity contribution < 1.29 is 0 Å². The van der Waals surface area contributed by atoms with Gasteiger partial charge in [0.1, 0.15) is 6.33 Å². The lowest BCUT2D eigenvalue weighted by Crippen LogP contribution is -2.12. The Morgan fingerprint density at radius 1 is 1.03 bits per heavy atom. The van der Waals surface area contributed by atoms with Gasteiger partial charge < -0.3 is 5.32 Å². The molecule has 0 radical (unpaired) electrons. The number of benzene rings is 2. The molecule has 1 atom stereocenters. The molecular formula is C22H19ClN6. The summed E-state index contributed by atoms with van der Waals surface area (Å²) in [5.41, 5.74) is 7.50. The van der Waals surface area contributed by atoms with Crippen LogP contribution in [-0.2, 0) is 6.54 Å². The molecule has 1 N–H and O–H groups in total. The summed E-state index contributed by atoms with van der Waals surface area (Å²) >= 11 is 6.06. The zero-order valence-corrected chi connectivity index (χ0v) is 16.6. The molecule has 5 rings (SSSR count). The van der Waals surface area contributed by atoms with Crippen LogP contribution in [0.2, 0.25) is 5.02 Å². The first-order chi connectivity index (χ1) is 14.2. The van der Waals surface area contributed by atoms with Crippen LogP contribution >= 0.6 is 11.6 Å². The molecule has 1 unspecified atom stereocenters. The van der Waals surface area contributed by atoms with E-state index in [0.29, 0.717) is 0 Å². The highest BCUT2D eigenvalue weighted by Gasteiger charge is 2.25. The summed E-state index contributed by atoms with van der Waals surface area (Å²) in [4.78, 5) is 8.33. The fourth-order valence-corrected chi connectivity index (χ4v) is 4.01. The molecule has 1 aliphatic heterocycles. The Bertz CT molecular complexity index is 1150. The number of nitrogens with one attached hydrogen (secondary N) is 1. The molecule has 4 aromatic rings. The summed E-state index contributed by atoms with van der Waals surface area (Å²) in [6.07, 6.45) is 6.11. The molecule has 0 amide bonds. The van der Waals surface area contributed by atoms with Gasteiger partial charge in [0.05, 0.1) is 17.4 Å². The molecule has 7 heteroatoms. The van der Waals surface area contributed by atoms with Crippen molar-refractivity contribution >= 4 is 17.3 Å². The van der Waals surface area contributed by atoms with Crippen molar-refractivity contribution in [1.29, 1.82) is 0 Å². The molecule has 0 aliphatic carbocycles. The maximum Gasteiger partial charge on any atom is 0.115 e. The number of aromatic nitrogens is 5. The van der Waals surface area contributed by atoms with E-state index in [4.69, 9.17) is 11.6 Å². The predicted molar refractivity (Wildman–Crippen MR) is 114 cm³/mol. The normalized spacial score (nSPS) is 15.3. The first-order valence-electron chi connectivity index (χ1n) is 9.51. The Balaban J connectivity index is 1.63. The molecule has 0 spiro atoms. The number of anilines is 1. The third-order valence-electron chi connectivity index (χ3n) is 5.29. The minimum atomic E-state index is 0.122. The van der Waals surface area contributed by atoms with Gasteiger partial charge in [0.25, 0.3) is 0 Å². The molecule has 1 aliphatic rings.